The summed E-state index contributed by atoms with van der Waals surface area (Å²) in [5, 5.41) is 5.25. The largest absolute Gasteiger partial charge is 0.354 e. The first-order valence-electron chi connectivity index (χ1n) is 6.94. The number of benzene rings is 1. The van der Waals surface area contributed by atoms with Gasteiger partial charge in [-0.1, -0.05) is 6.92 Å². The molecular weight excluding hydrogens is 306 g/mol. The Hall–Kier alpha value is -1.93. The maximum atomic E-state index is 12.0. The molecule has 1 rings (SSSR count). The van der Waals surface area contributed by atoms with Crippen LogP contribution in [0.4, 0.5) is 0 Å². The van der Waals surface area contributed by atoms with Gasteiger partial charge in [-0.3, -0.25) is 9.59 Å². The Morgan fingerprint density at radius 1 is 1.18 bits per heavy atom. The average molecular weight is 327 g/mol. The average Bonchev–Trinajstić information content (AvgIpc) is 2.52. The molecule has 3 N–H and O–H groups in total. The number of rotatable bonds is 7. The van der Waals surface area contributed by atoms with Gasteiger partial charge >= 0.3 is 0 Å². The zero-order valence-electron chi connectivity index (χ0n) is 12.8. The molecule has 0 spiro atoms. The van der Waals surface area contributed by atoms with Gasteiger partial charge in [0.05, 0.1) is 4.90 Å². The fraction of sp³-hybridized carbons (Fsp3) is 0.429. The van der Waals surface area contributed by atoms with Crippen molar-refractivity contribution in [1.29, 1.82) is 0 Å². The Labute approximate surface area is 130 Å². The molecule has 122 valence electrons. The maximum absolute atomic E-state index is 12.0. The third kappa shape index (κ3) is 4.81. The lowest BCUT2D eigenvalue weighted by Crippen LogP contribution is -2.45. The van der Waals surface area contributed by atoms with Crippen LogP contribution in [0.25, 0.3) is 0 Å². The van der Waals surface area contributed by atoms with Gasteiger partial charge in [-0.05, 0) is 44.7 Å². The minimum absolute atomic E-state index is 0.0697. The first-order chi connectivity index (χ1) is 10.3. The van der Waals surface area contributed by atoms with E-state index in [-0.39, 0.29) is 16.4 Å². The molecule has 0 aliphatic carbocycles. The maximum Gasteiger partial charge on any atom is 0.251 e. The van der Waals surface area contributed by atoms with Crippen molar-refractivity contribution in [2.75, 3.05) is 13.6 Å². The van der Waals surface area contributed by atoms with Gasteiger partial charge in [-0.25, -0.2) is 13.1 Å². The SMILES string of the molecule is CCCNC(=O)C(C)NC(=O)c1ccc(S(=O)(=O)NC)cc1. The Kier molecular flexibility index (Phi) is 6.51. The van der Waals surface area contributed by atoms with Gasteiger partial charge in [0.2, 0.25) is 15.9 Å². The number of nitrogens with one attached hydrogen (secondary N) is 3. The molecule has 0 aliphatic heterocycles. The third-order valence-electron chi connectivity index (χ3n) is 2.99. The number of sulfonamides is 1. The fourth-order valence-corrected chi connectivity index (χ4v) is 2.38. The van der Waals surface area contributed by atoms with Gasteiger partial charge in [0.15, 0.2) is 0 Å². The van der Waals surface area contributed by atoms with Gasteiger partial charge in [-0.15, -0.1) is 0 Å². The highest BCUT2D eigenvalue weighted by Gasteiger charge is 2.17. The second kappa shape index (κ2) is 7.90. The molecule has 1 aromatic carbocycles. The number of carbonyl (C=O) groups excluding carboxylic acids is 2. The van der Waals surface area contributed by atoms with Crippen LogP contribution in [0.1, 0.15) is 30.6 Å². The van der Waals surface area contributed by atoms with E-state index in [0.29, 0.717) is 6.54 Å². The van der Waals surface area contributed by atoms with Crippen LogP contribution in [0.2, 0.25) is 0 Å². The van der Waals surface area contributed by atoms with Gasteiger partial charge in [0.1, 0.15) is 6.04 Å². The van der Waals surface area contributed by atoms with Crippen LogP contribution in [-0.2, 0) is 14.8 Å². The summed E-state index contributed by atoms with van der Waals surface area (Å²) < 4.78 is 25.4. The molecule has 7 nitrogen and oxygen atoms in total. The summed E-state index contributed by atoms with van der Waals surface area (Å²) in [6.07, 6.45) is 0.813. The van der Waals surface area contributed by atoms with Crippen LogP contribution in [0, 0.1) is 0 Å². The van der Waals surface area contributed by atoms with Crippen molar-refractivity contribution in [3.05, 3.63) is 29.8 Å². The molecule has 8 heteroatoms. The number of hydrogen-bond acceptors (Lipinski definition) is 4. The smallest absolute Gasteiger partial charge is 0.251 e. The number of hydrogen-bond donors (Lipinski definition) is 3. The lowest BCUT2D eigenvalue weighted by molar-refractivity contribution is -0.122. The minimum Gasteiger partial charge on any atom is -0.354 e. The summed E-state index contributed by atoms with van der Waals surface area (Å²) >= 11 is 0. The molecule has 0 radical (unpaired) electrons. The van der Waals surface area contributed by atoms with E-state index in [0.717, 1.165) is 6.42 Å². The van der Waals surface area contributed by atoms with E-state index in [2.05, 4.69) is 15.4 Å². The van der Waals surface area contributed by atoms with E-state index >= 15 is 0 Å². The predicted octanol–water partition coefficient (Wildman–Crippen LogP) is 0.239. The van der Waals surface area contributed by atoms with Crippen molar-refractivity contribution in [3.8, 4) is 0 Å². The van der Waals surface area contributed by atoms with E-state index in [1.807, 2.05) is 6.92 Å². The molecule has 0 aliphatic rings. The van der Waals surface area contributed by atoms with Crippen molar-refractivity contribution >= 4 is 21.8 Å². The molecule has 1 aromatic rings. The Morgan fingerprint density at radius 3 is 2.27 bits per heavy atom. The summed E-state index contributed by atoms with van der Waals surface area (Å²) in [6.45, 7) is 4.07. The number of amides is 2. The Bertz CT molecular complexity index is 626. The van der Waals surface area contributed by atoms with E-state index in [9.17, 15) is 18.0 Å². The van der Waals surface area contributed by atoms with Crippen molar-refractivity contribution in [3.63, 3.8) is 0 Å². The lowest BCUT2D eigenvalue weighted by atomic mass is 10.2. The van der Waals surface area contributed by atoms with Crippen LogP contribution in [0.15, 0.2) is 29.2 Å². The molecule has 0 aromatic heterocycles. The van der Waals surface area contributed by atoms with Crippen LogP contribution in [0.3, 0.4) is 0 Å². The van der Waals surface area contributed by atoms with E-state index in [1.54, 1.807) is 6.92 Å². The highest BCUT2D eigenvalue weighted by atomic mass is 32.2. The zero-order valence-corrected chi connectivity index (χ0v) is 13.7. The molecule has 22 heavy (non-hydrogen) atoms. The second-order valence-corrected chi connectivity index (χ2v) is 6.60. The summed E-state index contributed by atoms with van der Waals surface area (Å²) in [4.78, 5) is 23.8. The molecule has 2 amide bonds. The number of carbonyl (C=O) groups is 2. The Balaban J connectivity index is 2.72. The first kappa shape index (κ1) is 18.1. The molecule has 0 heterocycles. The molecule has 0 fully saturated rings. The molecule has 0 saturated heterocycles. The molecule has 1 unspecified atom stereocenters. The fourth-order valence-electron chi connectivity index (χ4n) is 1.65. The third-order valence-corrected chi connectivity index (χ3v) is 4.42. The minimum atomic E-state index is -3.53. The topological polar surface area (TPSA) is 104 Å². The quantitative estimate of drug-likeness (QED) is 0.667. The highest BCUT2D eigenvalue weighted by molar-refractivity contribution is 7.89. The van der Waals surface area contributed by atoms with Crippen LogP contribution < -0.4 is 15.4 Å². The highest BCUT2D eigenvalue weighted by Crippen LogP contribution is 2.10. The zero-order chi connectivity index (χ0) is 16.8. The van der Waals surface area contributed by atoms with Gasteiger partial charge in [-0.2, -0.15) is 0 Å². The second-order valence-electron chi connectivity index (χ2n) is 4.72. The standard InChI is InChI=1S/C14H21N3O4S/c1-4-9-16-13(18)10(2)17-14(19)11-5-7-12(8-6-11)22(20,21)15-3/h5-8,10,15H,4,9H2,1-3H3,(H,16,18)(H,17,19). The summed E-state index contributed by atoms with van der Waals surface area (Å²) in [7, 11) is -2.22. The van der Waals surface area contributed by atoms with Gasteiger partial charge in [0.25, 0.3) is 5.91 Å². The van der Waals surface area contributed by atoms with E-state index < -0.39 is 22.0 Å². The molecular formula is C14H21N3O4S. The molecule has 1 atom stereocenters. The van der Waals surface area contributed by atoms with E-state index in [4.69, 9.17) is 0 Å². The summed E-state index contributed by atoms with van der Waals surface area (Å²) in [5.74, 6) is -0.697. The first-order valence-corrected chi connectivity index (χ1v) is 8.42. The molecule has 0 saturated carbocycles. The summed E-state index contributed by atoms with van der Waals surface area (Å²) in [6, 6.07) is 4.80. The summed E-state index contributed by atoms with van der Waals surface area (Å²) in [5.41, 5.74) is 0.283. The van der Waals surface area contributed by atoms with E-state index in [1.165, 1.54) is 31.3 Å². The monoisotopic (exact) mass is 327 g/mol. The van der Waals surface area contributed by atoms with Crippen molar-refractivity contribution < 1.29 is 18.0 Å². The van der Waals surface area contributed by atoms with Crippen molar-refractivity contribution in [2.24, 2.45) is 0 Å². The van der Waals surface area contributed by atoms with Gasteiger partial charge in [0, 0.05) is 12.1 Å². The normalized spacial score (nSPS) is 12.5. The van der Waals surface area contributed by atoms with Crippen LogP contribution in [0.5, 0.6) is 0 Å². The van der Waals surface area contributed by atoms with Crippen LogP contribution in [-0.4, -0.2) is 39.9 Å². The van der Waals surface area contributed by atoms with Gasteiger partial charge < -0.3 is 10.6 Å². The van der Waals surface area contributed by atoms with Crippen molar-refractivity contribution in [1.82, 2.24) is 15.4 Å². The molecule has 0 bridgehead atoms. The van der Waals surface area contributed by atoms with Crippen LogP contribution >= 0.6 is 0 Å². The predicted molar refractivity (Wildman–Crippen MR) is 82.9 cm³/mol. The lowest BCUT2D eigenvalue weighted by Gasteiger charge is -2.14. The van der Waals surface area contributed by atoms with Crippen molar-refractivity contribution in [2.45, 2.75) is 31.2 Å². The Morgan fingerprint density at radius 2 is 1.77 bits per heavy atom.